The molecular weight excluding hydrogens is 376 g/mol. The molecule has 2 rings (SSSR count). The van der Waals surface area contributed by atoms with Crippen molar-refractivity contribution in [2.24, 2.45) is 0 Å². The molecule has 0 aliphatic heterocycles. The average molecular weight is 392 g/mol. The third-order valence-corrected chi connectivity index (χ3v) is 3.11. The van der Waals surface area contributed by atoms with Gasteiger partial charge in [-0.05, 0) is 31.5 Å². The number of hydrogen-bond donors (Lipinski definition) is 2. The second kappa shape index (κ2) is 8.11. The highest BCUT2D eigenvalue weighted by Gasteiger charge is 2.10. The van der Waals surface area contributed by atoms with E-state index in [-0.39, 0.29) is 31.5 Å². The summed E-state index contributed by atoms with van der Waals surface area (Å²) >= 11 is 3.36. The number of halogens is 2. The minimum atomic E-state index is -0.310. The number of rotatable bonds is 5. The molecule has 0 radical (unpaired) electrons. The fourth-order valence-corrected chi connectivity index (χ4v) is 2.25. The van der Waals surface area contributed by atoms with Gasteiger partial charge in [-0.3, -0.25) is 4.79 Å². The van der Waals surface area contributed by atoms with Crippen molar-refractivity contribution in [3.63, 3.8) is 0 Å². The summed E-state index contributed by atoms with van der Waals surface area (Å²) in [4.78, 5) is 15.8. The van der Waals surface area contributed by atoms with Crippen LogP contribution in [-0.4, -0.2) is 22.7 Å². The zero-order valence-corrected chi connectivity index (χ0v) is 14.5. The normalized spacial score (nSPS) is 10.1. The molecule has 2 aromatic rings. The lowest BCUT2D eigenvalue weighted by Gasteiger charge is -2.11. The second-order valence-corrected chi connectivity index (χ2v) is 5.38. The van der Waals surface area contributed by atoms with Crippen LogP contribution >= 0.6 is 28.3 Å². The molecule has 7 nitrogen and oxygen atoms in total. The Labute approximate surface area is 142 Å². The molecule has 0 atom stereocenters. The Balaban J connectivity index is 0.00000242. The Morgan fingerprint density at radius 3 is 2.82 bits per heavy atom. The van der Waals surface area contributed by atoms with Crippen LogP contribution in [0.25, 0.3) is 0 Å². The minimum absolute atomic E-state index is 0. The predicted octanol–water partition coefficient (Wildman–Crippen LogP) is 2.61. The van der Waals surface area contributed by atoms with Crippen molar-refractivity contribution >= 4 is 45.6 Å². The molecule has 0 bridgehead atoms. The van der Waals surface area contributed by atoms with Crippen LogP contribution in [0.15, 0.2) is 21.1 Å². The zero-order chi connectivity index (χ0) is 15.4. The van der Waals surface area contributed by atoms with Gasteiger partial charge in [-0.1, -0.05) is 21.1 Å². The van der Waals surface area contributed by atoms with Crippen molar-refractivity contribution in [3.05, 3.63) is 33.9 Å². The number of hydrogen-bond acceptors (Lipinski definition) is 6. The van der Waals surface area contributed by atoms with Crippen molar-refractivity contribution in [1.29, 1.82) is 0 Å². The Morgan fingerprint density at radius 1 is 1.45 bits per heavy atom. The standard InChI is InChI=1S/C13H15BrN4O3.ClH/c1-7-3-9(14)4-10(13(7)15)17-11(19)5-20-6-12-16-8(2)18-21-12;/h3-4H,5-6,15H2,1-2H3,(H,17,19);1H. The first-order chi connectivity index (χ1) is 9.95. The topological polar surface area (TPSA) is 103 Å². The smallest absolute Gasteiger partial charge is 0.252 e. The van der Waals surface area contributed by atoms with Crippen molar-refractivity contribution < 1.29 is 14.1 Å². The zero-order valence-electron chi connectivity index (χ0n) is 12.1. The van der Waals surface area contributed by atoms with E-state index in [0.29, 0.717) is 23.1 Å². The van der Waals surface area contributed by atoms with E-state index in [1.807, 2.05) is 13.0 Å². The van der Waals surface area contributed by atoms with Crippen LogP contribution in [0, 0.1) is 13.8 Å². The lowest BCUT2D eigenvalue weighted by atomic mass is 10.2. The number of carbonyl (C=O) groups excluding carboxylic acids is 1. The van der Waals surface area contributed by atoms with Crippen molar-refractivity contribution in [2.75, 3.05) is 17.7 Å². The maximum Gasteiger partial charge on any atom is 0.252 e. The average Bonchev–Trinajstić information content (AvgIpc) is 2.81. The van der Waals surface area contributed by atoms with Crippen LogP contribution in [0.3, 0.4) is 0 Å². The molecule has 0 aliphatic rings. The summed E-state index contributed by atoms with van der Waals surface area (Å²) in [6.07, 6.45) is 0. The molecule has 0 spiro atoms. The Morgan fingerprint density at radius 2 is 2.18 bits per heavy atom. The van der Waals surface area contributed by atoms with Gasteiger partial charge in [0, 0.05) is 4.47 Å². The molecule has 9 heteroatoms. The lowest BCUT2D eigenvalue weighted by Crippen LogP contribution is -2.19. The summed E-state index contributed by atoms with van der Waals surface area (Å²) in [5.41, 5.74) is 7.86. The second-order valence-electron chi connectivity index (χ2n) is 4.46. The molecule has 1 aromatic carbocycles. The van der Waals surface area contributed by atoms with E-state index in [1.165, 1.54) is 0 Å². The highest BCUT2D eigenvalue weighted by atomic mass is 79.9. The van der Waals surface area contributed by atoms with Crippen LogP contribution in [-0.2, 0) is 16.1 Å². The predicted molar refractivity (Wildman–Crippen MR) is 87.9 cm³/mol. The molecule has 120 valence electrons. The SMILES string of the molecule is Cc1noc(COCC(=O)Nc2cc(Br)cc(C)c2N)n1.Cl. The molecule has 0 fully saturated rings. The quantitative estimate of drug-likeness (QED) is 0.759. The highest BCUT2D eigenvalue weighted by Crippen LogP contribution is 2.27. The number of aryl methyl sites for hydroxylation is 2. The van der Waals surface area contributed by atoms with Gasteiger partial charge in [-0.2, -0.15) is 4.98 Å². The van der Waals surface area contributed by atoms with Crippen LogP contribution < -0.4 is 11.1 Å². The van der Waals surface area contributed by atoms with Gasteiger partial charge in [0.25, 0.3) is 5.89 Å². The molecule has 0 saturated heterocycles. The summed E-state index contributed by atoms with van der Waals surface area (Å²) in [6.45, 7) is 3.52. The first-order valence-corrected chi connectivity index (χ1v) is 6.97. The van der Waals surface area contributed by atoms with E-state index in [4.69, 9.17) is 15.0 Å². The Kier molecular flexibility index (Phi) is 6.79. The molecule has 22 heavy (non-hydrogen) atoms. The van der Waals surface area contributed by atoms with Gasteiger partial charge in [-0.25, -0.2) is 0 Å². The Bertz CT molecular complexity index is 663. The summed E-state index contributed by atoms with van der Waals surface area (Å²) in [6, 6.07) is 3.61. The number of amides is 1. The number of anilines is 2. The number of nitrogen functional groups attached to an aromatic ring is 1. The number of aromatic nitrogens is 2. The summed E-state index contributed by atoms with van der Waals surface area (Å²) < 4.78 is 10.9. The van der Waals surface area contributed by atoms with Crippen molar-refractivity contribution in [1.82, 2.24) is 10.1 Å². The lowest BCUT2D eigenvalue weighted by molar-refractivity contribution is -0.121. The monoisotopic (exact) mass is 390 g/mol. The molecule has 1 heterocycles. The van der Waals surface area contributed by atoms with Gasteiger partial charge in [0.15, 0.2) is 5.82 Å². The third-order valence-electron chi connectivity index (χ3n) is 2.65. The molecule has 3 N–H and O–H groups in total. The van der Waals surface area contributed by atoms with Crippen LogP contribution in [0.1, 0.15) is 17.3 Å². The van der Waals surface area contributed by atoms with Gasteiger partial charge in [-0.15, -0.1) is 12.4 Å². The molecule has 1 aromatic heterocycles. The van der Waals surface area contributed by atoms with Gasteiger partial charge in [0.2, 0.25) is 5.91 Å². The van der Waals surface area contributed by atoms with E-state index in [9.17, 15) is 4.79 Å². The van der Waals surface area contributed by atoms with Crippen LogP contribution in [0.2, 0.25) is 0 Å². The van der Waals surface area contributed by atoms with Crippen molar-refractivity contribution in [3.8, 4) is 0 Å². The highest BCUT2D eigenvalue weighted by molar-refractivity contribution is 9.10. The number of benzene rings is 1. The van der Waals surface area contributed by atoms with Gasteiger partial charge in [0.1, 0.15) is 13.2 Å². The summed E-state index contributed by atoms with van der Waals surface area (Å²) in [7, 11) is 0. The van der Waals surface area contributed by atoms with Gasteiger partial charge >= 0.3 is 0 Å². The summed E-state index contributed by atoms with van der Waals surface area (Å²) in [5, 5.41) is 6.32. The third kappa shape index (κ3) is 4.97. The first kappa shape index (κ1) is 18.4. The van der Waals surface area contributed by atoms with E-state index in [0.717, 1.165) is 10.0 Å². The first-order valence-electron chi connectivity index (χ1n) is 6.18. The number of carbonyl (C=O) groups is 1. The molecule has 0 aliphatic carbocycles. The Hall–Kier alpha value is -1.64. The van der Waals surface area contributed by atoms with E-state index >= 15 is 0 Å². The van der Waals surface area contributed by atoms with Gasteiger partial charge < -0.3 is 20.3 Å². The van der Waals surface area contributed by atoms with Crippen LogP contribution in [0.4, 0.5) is 11.4 Å². The number of nitrogens with zero attached hydrogens (tertiary/aromatic N) is 2. The number of nitrogens with one attached hydrogen (secondary N) is 1. The van der Waals surface area contributed by atoms with E-state index in [2.05, 4.69) is 31.4 Å². The largest absolute Gasteiger partial charge is 0.397 e. The summed E-state index contributed by atoms with van der Waals surface area (Å²) in [5.74, 6) is 0.545. The van der Waals surface area contributed by atoms with Crippen LogP contribution in [0.5, 0.6) is 0 Å². The number of nitrogens with two attached hydrogens (primary N) is 1. The minimum Gasteiger partial charge on any atom is -0.397 e. The molecule has 1 amide bonds. The number of ether oxygens (including phenoxy) is 1. The fraction of sp³-hybridized carbons (Fsp3) is 0.308. The maximum absolute atomic E-state index is 11.8. The van der Waals surface area contributed by atoms with Gasteiger partial charge in [0.05, 0.1) is 11.4 Å². The fourth-order valence-electron chi connectivity index (χ4n) is 1.67. The van der Waals surface area contributed by atoms with Crippen molar-refractivity contribution in [2.45, 2.75) is 20.5 Å². The molecular formula is C13H16BrClN4O3. The maximum atomic E-state index is 11.8. The molecule has 0 unspecified atom stereocenters. The van der Waals surface area contributed by atoms with E-state index < -0.39 is 0 Å². The molecule has 0 saturated carbocycles. The van der Waals surface area contributed by atoms with E-state index in [1.54, 1.807) is 13.0 Å².